The number of ether oxygens (including phenoxy) is 1. The van der Waals surface area contributed by atoms with Crippen LogP contribution in [0.5, 0.6) is 0 Å². The largest absolute Gasteiger partial charge is 0.384 e. The summed E-state index contributed by atoms with van der Waals surface area (Å²) in [5, 5.41) is 3.52. The molecule has 0 aromatic rings. The van der Waals surface area contributed by atoms with E-state index in [1.807, 2.05) is 7.05 Å². The molecule has 0 aromatic carbocycles. The second-order valence-electron chi connectivity index (χ2n) is 6.29. The van der Waals surface area contributed by atoms with Crippen LogP contribution in [0.2, 0.25) is 0 Å². The Hall–Kier alpha value is -0.810. The lowest BCUT2D eigenvalue weighted by Gasteiger charge is -2.22. The first kappa shape index (κ1) is 16.6. The molecular formula is C16H32N4O. The predicted octanol–water partition coefficient (Wildman–Crippen LogP) is 1.41. The summed E-state index contributed by atoms with van der Waals surface area (Å²) in [6, 6.07) is 0. The first-order valence-electron chi connectivity index (χ1n) is 8.50. The van der Waals surface area contributed by atoms with Crippen molar-refractivity contribution in [3.8, 4) is 0 Å². The molecule has 2 heterocycles. The first-order valence-corrected chi connectivity index (χ1v) is 8.50. The number of hydrogen-bond acceptors (Lipinski definition) is 3. The summed E-state index contributed by atoms with van der Waals surface area (Å²) in [6.45, 7) is 7.95. The second-order valence-corrected chi connectivity index (χ2v) is 6.29. The number of hydrogen-bond donors (Lipinski definition) is 1. The van der Waals surface area contributed by atoms with Gasteiger partial charge in [-0.05, 0) is 51.7 Å². The maximum atomic E-state index is 5.26. The molecule has 0 aliphatic carbocycles. The molecule has 1 atom stereocenters. The van der Waals surface area contributed by atoms with E-state index in [1.165, 1.54) is 51.7 Å². The molecule has 2 fully saturated rings. The summed E-state index contributed by atoms with van der Waals surface area (Å²) in [6.07, 6.45) is 6.51. The van der Waals surface area contributed by atoms with E-state index in [2.05, 4.69) is 20.1 Å². The van der Waals surface area contributed by atoms with Gasteiger partial charge in [-0.15, -0.1) is 0 Å². The Kier molecular flexibility index (Phi) is 7.30. The molecule has 2 saturated heterocycles. The monoisotopic (exact) mass is 296 g/mol. The van der Waals surface area contributed by atoms with Crippen LogP contribution in [0.25, 0.3) is 0 Å². The van der Waals surface area contributed by atoms with E-state index < -0.39 is 0 Å². The molecule has 2 rings (SSSR count). The van der Waals surface area contributed by atoms with Crippen molar-refractivity contribution >= 4 is 5.96 Å². The molecule has 5 nitrogen and oxygen atoms in total. The van der Waals surface area contributed by atoms with Gasteiger partial charge in [-0.2, -0.15) is 0 Å². The highest BCUT2D eigenvalue weighted by atomic mass is 16.5. The van der Waals surface area contributed by atoms with Gasteiger partial charge in [0, 0.05) is 39.7 Å². The number of nitrogens with one attached hydrogen (secondary N) is 1. The molecule has 122 valence electrons. The Morgan fingerprint density at radius 3 is 2.76 bits per heavy atom. The van der Waals surface area contributed by atoms with Crippen LogP contribution in [-0.2, 0) is 4.74 Å². The van der Waals surface area contributed by atoms with E-state index in [1.54, 1.807) is 7.11 Å². The van der Waals surface area contributed by atoms with Crippen LogP contribution in [0.15, 0.2) is 4.99 Å². The highest BCUT2D eigenvalue weighted by Gasteiger charge is 2.24. The molecule has 2 aliphatic rings. The van der Waals surface area contributed by atoms with Gasteiger partial charge in [0.05, 0.1) is 6.61 Å². The number of likely N-dealkylation sites (tertiary alicyclic amines) is 2. The van der Waals surface area contributed by atoms with Crippen LogP contribution in [-0.4, -0.2) is 75.8 Å². The van der Waals surface area contributed by atoms with Crippen LogP contribution in [0.3, 0.4) is 0 Å². The van der Waals surface area contributed by atoms with Crippen molar-refractivity contribution in [3.05, 3.63) is 0 Å². The smallest absolute Gasteiger partial charge is 0.193 e. The normalized spacial score (nSPS) is 24.0. The third-order valence-corrected chi connectivity index (χ3v) is 4.58. The molecule has 0 aromatic heterocycles. The van der Waals surface area contributed by atoms with Gasteiger partial charge in [-0.25, -0.2) is 0 Å². The van der Waals surface area contributed by atoms with Crippen LogP contribution < -0.4 is 5.32 Å². The molecule has 0 bridgehead atoms. The Morgan fingerprint density at radius 2 is 2.05 bits per heavy atom. The lowest BCUT2D eigenvalue weighted by molar-refractivity contribution is 0.157. The van der Waals surface area contributed by atoms with Crippen molar-refractivity contribution in [2.75, 3.05) is 60.0 Å². The fourth-order valence-corrected chi connectivity index (χ4v) is 3.40. The average Bonchev–Trinajstić information content (AvgIpc) is 3.15. The first-order chi connectivity index (χ1) is 10.3. The highest BCUT2D eigenvalue weighted by Crippen LogP contribution is 2.16. The van der Waals surface area contributed by atoms with Crippen LogP contribution >= 0.6 is 0 Å². The van der Waals surface area contributed by atoms with Crippen molar-refractivity contribution in [1.82, 2.24) is 15.1 Å². The Morgan fingerprint density at radius 1 is 1.24 bits per heavy atom. The molecule has 1 unspecified atom stereocenters. The number of rotatable bonds is 7. The van der Waals surface area contributed by atoms with E-state index in [0.717, 1.165) is 32.2 Å². The molecule has 0 saturated carbocycles. The van der Waals surface area contributed by atoms with Gasteiger partial charge >= 0.3 is 0 Å². The number of nitrogens with zero attached hydrogens (tertiary/aromatic N) is 3. The number of aliphatic imine (C=N–C) groups is 1. The maximum absolute atomic E-state index is 5.26. The fourth-order valence-electron chi connectivity index (χ4n) is 3.40. The zero-order chi connectivity index (χ0) is 14.9. The molecule has 0 spiro atoms. The van der Waals surface area contributed by atoms with Gasteiger partial charge < -0.3 is 19.9 Å². The molecule has 0 amide bonds. The maximum Gasteiger partial charge on any atom is 0.193 e. The summed E-state index contributed by atoms with van der Waals surface area (Å²) in [7, 11) is 3.67. The Balaban J connectivity index is 1.57. The van der Waals surface area contributed by atoms with Gasteiger partial charge in [0.25, 0.3) is 0 Å². The van der Waals surface area contributed by atoms with E-state index in [4.69, 9.17) is 4.74 Å². The van der Waals surface area contributed by atoms with Crippen molar-refractivity contribution in [2.24, 2.45) is 10.9 Å². The van der Waals surface area contributed by atoms with E-state index >= 15 is 0 Å². The molecule has 0 radical (unpaired) electrons. The van der Waals surface area contributed by atoms with Gasteiger partial charge in [0.15, 0.2) is 5.96 Å². The number of unbranched alkanes of at least 4 members (excludes halogenated alkanes) is 1. The van der Waals surface area contributed by atoms with Gasteiger partial charge in [0.2, 0.25) is 0 Å². The zero-order valence-electron chi connectivity index (χ0n) is 13.8. The van der Waals surface area contributed by atoms with Crippen LogP contribution in [0, 0.1) is 5.92 Å². The average molecular weight is 296 g/mol. The van der Waals surface area contributed by atoms with Gasteiger partial charge in [0.1, 0.15) is 0 Å². The van der Waals surface area contributed by atoms with Gasteiger partial charge in [-0.3, -0.25) is 4.99 Å². The van der Waals surface area contributed by atoms with Crippen molar-refractivity contribution in [2.45, 2.75) is 32.1 Å². The van der Waals surface area contributed by atoms with Crippen molar-refractivity contribution in [1.29, 1.82) is 0 Å². The number of guanidine groups is 1. The summed E-state index contributed by atoms with van der Waals surface area (Å²) in [4.78, 5) is 9.37. The standard InChI is InChI=1S/C16H32N4O/c1-17-16(20-12-7-15(13-20)14-21-2)18-8-3-4-9-19-10-5-6-11-19/h15H,3-14H2,1-2H3,(H,17,18). The summed E-state index contributed by atoms with van der Waals surface area (Å²) < 4.78 is 5.26. The summed E-state index contributed by atoms with van der Waals surface area (Å²) in [5.74, 6) is 1.72. The lowest BCUT2D eigenvalue weighted by Crippen LogP contribution is -2.40. The molecule has 21 heavy (non-hydrogen) atoms. The van der Waals surface area contributed by atoms with Gasteiger partial charge in [-0.1, -0.05) is 0 Å². The third-order valence-electron chi connectivity index (χ3n) is 4.58. The molecular weight excluding hydrogens is 264 g/mol. The van der Waals surface area contributed by atoms with Crippen molar-refractivity contribution in [3.63, 3.8) is 0 Å². The quantitative estimate of drug-likeness (QED) is 0.438. The fraction of sp³-hybridized carbons (Fsp3) is 0.938. The third kappa shape index (κ3) is 5.47. The minimum atomic E-state index is 0.656. The minimum Gasteiger partial charge on any atom is -0.384 e. The molecule has 2 aliphatic heterocycles. The van der Waals surface area contributed by atoms with Crippen molar-refractivity contribution < 1.29 is 4.74 Å². The van der Waals surface area contributed by atoms with E-state index in [0.29, 0.717) is 5.92 Å². The number of methoxy groups -OCH3 is 1. The lowest BCUT2D eigenvalue weighted by atomic mass is 10.1. The Bertz CT molecular complexity index is 315. The summed E-state index contributed by atoms with van der Waals surface area (Å²) >= 11 is 0. The van der Waals surface area contributed by atoms with Crippen LogP contribution in [0.4, 0.5) is 0 Å². The second kappa shape index (κ2) is 9.26. The zero-order valence-corrected chi connectivity index (χ0v) is 13.8. The van der Waals surface area contributed by atoms with E-state index in [9.17, 15) is 0 Å². The minimum absolute atomic E-state index is 0.656. The Labute approximate surface area is 129 Å². The van der Waals surface area contributed by atoms with E-state index in [-0.39, 0.29) is 0 Å². The summed E-state index contributed by atoms with van der Waals surface area (Å²) in [5.41, 5.74) is 0. The SMILES string of the molecule is CN=C(NCCCCN1CCCC1)N1CCC(COC)C1. The predicted molar refractivity (Wildman–Crippen MR) is 87.8 cm³/mol. The highest BCUT2D eigenvalue weighted by molar-refractivity contribution is 5.80. The van der Waals surface area contributed by atoms with Crippen LogP contribution in [0.1, 0.15) is 32.1 Å². The molecule has 5 heteroatoms. The molecule has 1 N–H and O–H groups in total. The topological polar surface area (TPSA) is 40.1 Å².